The van der Waals surface area contributed by atoms with E-state index in [1.807, 2.05) is 0 Å². The fourth-order valence-electron chi connectivity index (χ4n) is 3.56. The molecule has 2 aromatic carbocycles. The maximum Gasteiger partial charge on any atom is 0.422 e. The first-order valence-electron chi connectivity index (χ1n) is 11.0. The Kier molecular flexibility index (Phi) is 7.99. The van der Waals surface area contributed by atoms with Crippen LogP contribution in [0.1, 0.15) is 12.8 Å². The average molecular weight is 561 g/mol. The molecule has 15 heteroatoms. The second-order valence-corrected chi connectivity index (χ2v) is 10.4. The molecule has 1 aliphatic rings. The van der Waals surface area contributed by atoms with Gasteiger partial charge < -0.3 is 15.4 Å². The highest BCUT2D eigenvalue weighted by Crippen LogP contribution is 2.25. The van der Waals surface area contributed by atoms with Gasteiger partial charge in [-0.3, -0.25) is 0 Å². The third-order valence-corrected chi connectivity index (χ3v) is 7.53. The molecule has 1 fully saturated rings. The van der Waals surface area contributed by atoms with Crippen molar-refractivity contribution >= 4 is 39.2 Å². The third-order valence-electron chi connectivity index (χ3n) is 5.32. The minimum absolute atomic E-state index is 0.0766. The van der Waals surface area contributed by atoms with Crippen molar-refractivity contribution in [3.63, 3.8) is 0 Å². The zero-order valence-electron chi connectivity index (χ0n) is 19.0. The predicted octanol–water partition coefficient (Wildman–Crippen LogP) is 4.61. The number of ether oxygens (including phenoxy) is 1. The molecule has 0 atom stereocenters. The van der Waals surface area contributed by atoms with E-state index in [2.05, 4.69) is 25.6 Å². The second kappa shape index (κ2) is 11.0. The zero-order chi connectivity index (χ0) is 26.6. The lowest BCUT2D eigenvalue weighted by Gasteiger charge is -2.31. The molecule has 9 nitrogen and oxygen atoms in total. The number of benzene rings is 2. The lowest BCUT2D eigenvalue weighted by atomic mass is 10.1. The number of alkyl halides is 3. The van der Waals surface area contributed by atoms with Gasteiger partial charge in [-0.15, -0.1) is 0 Å². The number of halogens is 5. The van der Waals surface area contributed by atoms with Crippen LogP contribution >= 0.6 is 11.6 Å². The lowest BCUT2D eigenvalue weighted by Crippen LogP contribution is -2.42. The third kappa shape index (κ3) is 7.17. The Labute approximate surface area is 214 Å². The van der Waals surface area contributed by atoms with E-state index in [0.717, 1.165) is 6.07 Å². The van der Waals surface area contributed by atoms with E-state index in [1.54, 1.807) is 18.2 Å². The summed E-state index contributed by atoms with van der Waals surface area (Å²) in [7, 11) is -3.64. The highest BCUT2D eigenvalue weighted by atomic mass is 35.5. The van der Waals surface area contributed by atoms with Crippen LogP contribution in [0.3, 0.4) is 0 Å². The van der Waals surface area contributed by atoms with Crippen molar-refractivity contribution in [2.45, 2.75) is 30.0 Å². The quantitative estimate of drug-likeness (QED) is 0.384. The van der Waals surface area contributed by atoms with Crippen molar-refractivity contribution in [1.82, 2.24) is 19.3 Å². The smallest absolute Gasteiger partial charge is 0.422 e. The van der Waals surface area contributed by atoms with Gasteiger partial charge in [-0.05, 0) is 43.2 Å². The molecule has 0 bridgehead atoms. The number of nitrogens with zero attached hydrogens (tertiary/aromatic N) is 4. The van der Waals surface area contributed by atoms with Crippen molar-refractivity contribution in [2.75, 3.05) is 30.3 Å². The number of aromatic nitrogens is 3. The molecular weight excluding hydrogens is 540 g/mol. The minimum Gasteiger partial charge on any atom is -0.454 e. The van der Waals surface area contributed by atoms with Gasteiger partial charge in [0.15, 0.2) is 6.61 Å². The van der Waals surface area contributed by atoms with E-state index in [4.69, 9.17) is 16.3 Å². The molecule has 37 heavy (non-hydrogen) atoms. The molecule has 1 aliphatic heterocycles. The zero-order valence-corrected chi connectivity index (χ0v) is 20.6. The molecule has 4 rings (SSSR count). The highest BCUT2D eigenvalue weighted by molar-refractivity contribution is 7.89. The SMILES string of the molecule is O=S(=O)(c1ccccc1)N1CCC(Nc2nc(Nc3ccc(F)c(Cl)c3)nc(OCC(F)(F)F)n2)CC1. The molecule has 2 N–H and O–H groups in total. The number of hydrogen-bond acceptors (Lipinski definition) is 8. The molecule has 0 unspecified atom stereocenters. The molecule has 1 aromatic heterocycles. The fourth-order valence-corrected chi connectivity index (χ4v) is 5.23. The summed E-state index contributed by atoms with van der Waals surface area (Å²) in [5, 5.41) is 5.56. The van der Waals surface area contributed by atoms with Gasteiger partial charge in [-0.2, -0.15) is 32.4 Å². The molecular formula is C22H21ClF4N6O3S. The van der Waals surface area contributed by atoms with Crippen LogP contribution in [0.2, 0.25) is 5.02 Å². The Balaban J connectivity index is 1.48. The fraction of sp³-hybridized carbons (Fsp3) is 0.318. The number of anilines is 3. The molecule has 1 saturated heterocycles. The molecule has 3 aromatic rings. The summed E-state index contributed by atoms with van der Waals surface area (Å²) in [6.07, 6.45) is -3.82. The molecule has 0 radical (unpaired) electrons. The molecule has 198 valence electrons. The van der Waals surface area contributed by atoms with Crippen LogP contribution < -0.4 is 15.4 Å². The van der Waals surface area contributed by atoms with E-state index >= 15 is 0 Å². The van der Waals surface area contributed by atoms with E-state index in [9.17, 15) is 26.0 Å². The molecule has 0 aliphatic carbocycles. The maximum atomic E-state index is 13.5. The Morgan fingerprint density at radius 3 is 2.35 bits per heavy atom. The molecule has 0 spiro atoms. The van der Waals surface area contributed by atoms with Gasteiger partial charge in [0.25, 0.3) is 0 Å². The van der Waals surface area contributed by atoms with Gasteiger partial charge >= 0.3 is 12.2 Å². The predicted molar refractivity (Wildman–Crippen MR) is 128 cm³/mol. The Morgan fingerprint density at radius 2 is 1.70 bits per heavy atom. The van der Waals surface area contributed by atoms with Gasteiger partial charge in [-0.25, -0.2) is 12.8 Å². The van der Waals surface area contributed by atoms with Crippen molar-refractivity contribution in [1.29, 1.82) is 0 Å². The van der Waals surface area contributed by atoms with Gasteiger partial charge in [0.2, 0.25) is 21.9 Å². The minimum atomic E-state index is -4.62. The van der Waals surface area contributed by atoms with Crippen LogP contribution in [0.4, 0.5) is 35.1 Å². The number of sulfonamides is 1. The monoisotopic (exact) mass is 560 g/mol. The summed E-state index contributed by atoms with van der Waals surface area (Å²) >= 11 is 5.78. The van der Waals surface area contributed by atoms with Crippen LogP contribution in [0.25, 0.3) is 0 Å². The summed E-state index contributed by atoms with van der Waals surface area (Å²) in [5.74, 6) is -0.895. The second-order valence-electron chi connectivity index (χ2n) is 8.06. The Bertz CT molecular complexity index is 1340. The highest BCUT2D eigenvalue weighted by Gasteiger charge is 2.31. The first kappa shape index (κ1) is 26.8. The lowest BCUT2D eigenvalue weighted by molar-refractivity contribution is -0.154. The molecule has 0 amide bonds. The first-order valence-corrected chi connectivity index (χ1v) is 12.8. The summed E-state index contributed by atoms with van der Waals surface area (Å²) in [4.78, 5) is 12.1. The van der Waals surface area contributed by atoms with Crippen LogP contribution in [0.15, 0.2) is 53.4 Å². The van der Waals surface area contributed by atoms with E-state index < -0.39 is 34.6 Å². The van der Waals surface area contributed by atoms with Crippen LogP contribution in [-0.2, 0) is 10.0 Å². The number of rotatable bonds is 8. The Hall–Kier alpha value is -3.23. The van der Waals surface area contributed by atoms with E-state index in [0.29, 0.717) is 12.8 Å². The van der Waals surface area contributed by atoms with Crippen molar-refractivity contribution in [3.05, 3.63) is 59.4 Å². The van der Waals surface area contributed by atoms with Gasteiger partial charge in [0.05, 0.1) is 9.92 Å². The van der Waals surface area contributed by atoms with E-state index in [-0.39, 0.29) is 46.6 Å². The topological polar surface area (TPSA) is 109 Å². The first-order chi connectivity index (χ1) is 17.5. The van der Waals surface area contributed by atoms with Crippen LogP contribution in [0, 0.1) is 5.82 Å². The summed E-state index contributed by atoms with van der Waals surface area (Å²) in [6.45, 7) is -1.18. The molecule has 2 heterocycles. The van der Waals surface area contributed by atoms with Gasteiger partial charge in [-0.1, -0.05) is 29.8 Å². The van der Waals surface area contributed by atoms with Crippen molar-refractivity contribution in [2.24, 2.45) is 0 Å². The number of nitrogens with one attached hydrogen (secondary N) is 2. The van der Waals surface area contributed by atoms with Gasteiger partial charge in [0, 0.05) is 24.8 Å². The van der Waals surface area contributed by atoms with Crippen molar-refractivity contribution in [3.8, 4) is 6.01 Å². The summed E-state index contributed by atoms with van der Waals surface area (Å²) < 4.78 is 83.2. The largest absolute Gasteiger partial charge is 0.454 e. The number of piperidine rings is 1. The number of hydrogen-bond donors (Lipinski definition) is 2. The standard InChI is InChI=1S/C22H21ClF4N6O3S/c23-17-12-15(6-7-18(17)24)29-20-30-19(31-21(32-20)36-13-22(25,26)27)28-14-8-10-33(11-9-14)37(34,35)16-4-2-1-3-5-16/h1-7,12,14H,8-11,13H2,(H2,28,29,30,31,32). The maximum absolute atomic E-state index is 13.5. The Morgan fingerprint density at radius 1 is 1.03 bits per heavy atom. The normalized spacial score (nSPS) is 15.4. The summed E-state index contributed by atoms with van der Waals surface area (Å²) in [5.41, 5.74) is 0.282. The van der Waals surface area contributed by atoms with Gasteiger partial charge in [0.1, 0.15) is 5.82 Å². The van der Waals surface area contributed by atoms with Crippen molar-refractivity contribution < 1.29 is 30.7 Å². The average Bonchev–Trinajstić information content (AvgIpc) is 2.85. The van der Waals surface area contributed by atoms with E-state index in [1.165, 1.54) is 28.6 Å². The molecule has 0 saturated carbocycles. The summed E-state index contributed by atoms with van der Waals surface area (Å²) in [6, 6.07) is 10.9. The van der Waals surface area contributed by atoms with Crippen LogP contribution in [0.5, 0.6) is 6.01 Å². The van der Waals surface area contributed by atoms with Crippen LogP contribution in [-0.4, -0.2) is 59.6 Å².